The van der Waals surface area contributed by atoms with E-state index < -0.39 is 23.2 Å². The van der Waals surface area contributed by atoms with Crippen LogP contribution in [0.4, 0.5) is 14.5 Å². The molecule has 5 heteroatoms. The van der Waals surface area contributed by atoms with Gasteiger partial charge in [-0.2, -0.15) is 0 Å². The van der Waals surface area contributed by atoms with E-state index in [-0.39, 0.29) is 11.7 Å². The summed E-state index contributed by atoms with van der Waals surface area (Å²) in [5.41, 5.74) is -0.613. The lowest BCUT2D eigenvalue weighted by Crippen LogP contribution is -2.24. The van der Waals surface area contributed by atoms with Crippen molar-refractivity contribution in [2.75, 3.05) is 5.32 Å². The van der Waals surface area contributed by atoms with Crippen LogP contribution in [0.25, 0.3) is 0 Å². The summed E-state index contributed by atoms with van der Waals surface area (Å²) in [5.74, 6) is -3.44. The van der Waals surface area contributed by atoms with E-state index >= 15 is 0 Å². The van der Waals surface area contributed by atoms with Crippen LogP contribution in [-0.4, -0.2) is 17.1 Å². The number of carboxylic acids is 1. The zero-order chi connectivity index (χ0) is 14.0. The number of rotatable bonds is 4. The van der Waals surface area contributed by atoms with Gasteiger partial charge in [-0.3, -0.25) is 0 Å². The van der Waals surface area contributed by atoms with Crippen LogP contribution in [0.3, 0.4) is 0 Å². The number of carbonyl (C=O) groups is 1. The number of carboxylic acid groups (broad SMARTS) is 1. The fourth-order valence-corrected chi connectivity index (χ4v) is 2.65. The van der Waals surface area contributed by atoms with Crippen molar-refractivity contribution in [1.29, 1.82) is 0 Å². The van der Waals surface area contributed by atoms with E-state index in [0.29, 0.717) is 5.92 Å². The second kappa shape index (κ2) is 5.55. The average Bonchev–Trinajstić information content (AvgIpc) is 2.88. The maximum atomic E-state index is 13.8. The number of benzene rings is 1. The van der Waals surface area contributed by atoms with E-state index in [2.05, 4.69) is 5.32 Å². The summed E-state index contributed by atoms with van der Waals surface area (Å²) in [4.78, 5) is 10.7. The molecule has 1 fully saturated rings. The van der Waals surface area contributed by atoms with Gasteiger partial charge in [0, 0.05) is 6.04 Å². The molecule has 2 rings (SSSR count). The second-order valence-corrected chi connectivity index (χ2v) is 5.07. The Labute approximate surface area is 110 Å². The molecular weight excluding hydrogens is 252 g/mol. The lowest BCUT2D eigenvalue weighted by Gasteiger charge is -2.22. The first-order valence-electron chi connectivity index (χ1n) is 6.48. The Morgan fingerprint density at radius 3 is 2.53 bits per heavy atom. The summed E-state index contributed by atoms with van der Waals surface area (Å²) in [7, 11) is 0. The van der Waals surface area contributed by atoms with Gasteiger partial charge in [0.05, 0.1) is 11.3 Å². The van der Waals surface area contributed by atoms with Crippen LogP contribution in [0.5, 0.6) is 0 Å². The molecule has 0 heterocycles. The van der Waals surface area contributed by atoms with Gasteiger partial charge in [0.15, 0.2) is 11.6 Å². The molecule has 1 unspecified atom stereocenters. The minimum Gasteiger partial charge on any atom is -0.478 e. The highest BCUT2D eigenvalue weighted by Crippen LogP contribution is 2.30. The summed E-state index contributed by atoms with van der Waals surface area (Å²) >= 11 is 0. The number of halogens is 2. The predicted octanol–water partition coefficient (Wildman–Crippen LogP) is 3.65. The molecule has 0 spiro atoms. The summed E-state index contributed by atoms with van der Waals surface area (Å²) in [5, 5.41) is 11.7. The fourth-order valence-electron chi connectivity index (χ4n) is 2.65. The maximum absolute atomic E-state index is 13.8. The van der Waals surface area contributed by atoms with Gasteiger partial charge in [-0.15, -0.1) is 0 Å². The lowest BCUT2D eigenvalue weighted by molar-refractivity contribution is 0.0690. The minimum atomic E-state index is -1.47. The third-order valence-corrected chi connectivity index (χ3v) is 3.80. The molecule has 1 atom stereocenters. The zero-order valence-electron chi connectivity index (χ0n) is 10.7. The lowest BCUT2D eigenvalue weighted by atomic mass is 9.99. The topological polar surface area (TPSA) is 49.3 Å². The van der Waals surface area contributed by atoms with Crippen LogP contribution < -0.4 is 5.32 Å². The molecule has 0 aromatic heterocycles. The van der Waals surface area contributed by atoms with Crippen molar-refractivity contribution in [3.63, 3.8) is 0 Å². The van der Waals surface area contributed by atoms with Gasteiger partial charge in [0.2, 0.25) is 0 Å². The fraction of sp³-hybridized carbons (Fsp3) is 0.500. The number of hydrogen-bond acceptors (Lipinski definition) is 2. The van der Waals surface area contributed by atoms with Crippen molar-refractivity contribution in [3.8, 4) is 0 Å². The van der Waals surface area contributed by atoms with Gasteiger partial charge in [-0.1, -0.05) is 12.8 Å². The predicted molar refractivity (Wildman–Crippen MR) is 68.4 cm³/mol. The Morgan fingerprint density at radius 2 is 1.95 bits per heavy atom. The van der Waals surface area contributed by atoms with Crippen LogP contribution in [0.2, 0.25) is 0 Å². The Balaban J connectivity index is 2.16. The summed E-state index contributed by atoms with van der Waals surface area (Å²) in [6.07, 6.45) is 4.52. The highest BCUT2D eigenvalue weighted by molar-refractivity contribution is 5.88. The van der Waals surface area contributed by atoms with Crippen LogP contribution in [0.1, 0.15) is 43.0 Å². The number of anilines is 1. The van der Waals surface area contributed by atoms with Gasteiger partial charge >= 0.3 is 5.97 Å². The Morgan fingerprint density at radius 1 is 1.32 bits per heavy atom. The largest absolute Gasteiger partial charge is 0.478 e. The number of hydrogen-bond donors (Lipinski definition) is 2. The zero-order valence-corrected chi connectivity index (χ0v) is 10.7. The molecule has 104 valence electrons. The van der Waals surface area contributed by atoms with E-state index in [1.165, 1.54) is 18.9 Å². The molecule has 1 aliphatic rings. The van der Waals surface area contributed by atoms with Gasteiger partial charge < -0.3 is 10.4 Å². The first kappa shape index (κ1) is 13.8. The summed E-state index contributed by atoms with van der Waals surface area (Å²) in [6, 6.07) is 2.42. The molecule has 0 amide bonds. The van der Waals surface area contributed by atoms with Crippen molar-refractivity contribution < 1.29 is 18.7 Å². The normalized spacial score (nSPS) is 17.4. The van der Waals surface area contributed by atoms with Crippen LogP contribution >= 0.6 is 0 Å². The molecule has 1 aliphatic carbocycles. The molecule has 0 aliphatic heterocycles. The Kier molecular flexibility index (Phi) is 4.02. The summed E-state index contributed by atoms with van der Waals surface area (Å²) < 4.78 is 27.3. The molecular formula is C14H17F2NO2. The van der Waals surface area contributed by atoms with Crippen molar-refractivity contribution in [3.05, 3.63) is 29.3 Å². The Bertz CT molecular complexity index is 485. The van der Waals surface area contributed by atoms with Crippen LogP contribution in [0.15, 0.2) is 12.1 Å². The number of aromatic carboxylic acids is 1. The third kappa shape index (κ3) is 2.85. The Hall–Kier alpha value is -1.65. The molecule has 1 aromatic carbocycles. The second-order valence-electron chi connectivity index (χ2n) is 5.07. The molecule has 3 nitrogen and oxygen atoms in total. The van der Waals surface area contributed by atoms with Gasteiger partial charge in [-0.05, 0) is 37.8 Å². The standard InChI is InChI=1S/C14H17F2NO2/c1-8(9-4-2-3-5-9)17-11-7-6-10(14(18)19)12(15)13(11)16/h6-9,17H,2-5H2,1H3,(H,18,19). The van der Waals surface area contributed by atoms with Gasteiger partial charge in [0.1, 0.15) is 0 Å². The van der Waals surface area contributed by atoms with Crippen molar-refractivity contribution >= 4 is 11.7 Å². The molecule has 1 aromatic rings. The van der Waals surface area contributed by atoms with Crippen LogP contribution in [-0.2, 0) is 0 Å². The third-order valence-electron chi connectivity index (χ3n) is 3.80. The van der Waals surface area contributed by atoms with E-state index in [9.17, 15) is 13.6 Å². The average molecular weight is 269 g/mol. The van der Waals surface area contributed by atoms with E-state index in [1.54, 1.807) is 0 Å². The smallest absolute Gasteiger partial charge is 0.338 e. The van der Waals surface area contributed by atoms with Crippen molar-refractivity contribution in [2.24, 2.45) is 5.92 Å². The SMILES string of the molecule is CC(Nc1ccc(C(=O)O)c(F)c1F)C1CCCC1. The van der Waals surface area contributed by atoms with E-state index in [0.717, 1.165) is 18.9 Å². The van der Waals surface area contributed by atoms with Crippen LogP contribution in [0, 0.1) is 17.6 Å². The summed E-state index contributed by atoms with van der Waals surface area (Å²) in [6.45, 7) is 1.94. The van der Waals surface area contributed by atoms with Gasteiger partial charge in [0.25, 0.3) is 0 Å². The van der Waals surface area contributed by atoms with E-state index in [4.69, 9.17) is 5.11 Å². The first-order chi connectivity index (χ1) is 9.00. The molecule has 0 saturated heterocycles. The first-order valence-corrected chi connectivity index (χ1v) is 6.48. The number of nitrogens with one attached hydrogen (secondary N) is 1. The molecule has 0 bridgehead atoms. The molecule has 2 N–H and O–H groups in total. The van der Waals surface area contributed by atoms with Crippen molar-refractivity contribution in [1.82, 2.24) is 0 Å². The highest BCUT2D eigenvalue weighted by Gasteiger charge is 2.24. The molecule has 0 radical (unpaired) electrons. The minimum absolute atomic E-state index is 0.0295. The molecule has 19 heavy (non-hydrogen) atoms. The van der Waals surface area contributed by atoms with Gasteiger partial charge in [-0.25, -0.2) is 13.6 Å². The monoisotopic (exact) mass is 269 g/mol. The quantitative estimate of drug-likeness (QED) is 0.877. The molecule has 1 saturated carbocycles. The maximum Gasteiger partial charge on any atom is 0.338 e. The van der Waals surface area contributed by atoms with E-state index in [1.807, 2.05) is 6.92 Å². The van der Waals surface area contributed by atoms with Crippen molar-refractivity contribution in [2.45, 2.75) is 38.6 Å². The highest BCUT2D eigenvalue weighted by atomic mass is 19.2.